The summed E-state index contributed by atoms with van der Waals surface area (Å²) in [6, 6.07) is 3.87. The van der Waals surface area contributed by atoms with Crippen molar-refractivity contribution in [2.24, 2.45) is 0 Å². The lowest BCUT2D eigenvalue weighted by atomic mass is 10.2. The number of nitrogens with zero attached hydrogens (tertiary/aromatic N) is 1. The van der Waals surface area contributed by atoms with Gasteiger partial charge in [-0.15, -0.1) is 0 Å². The number of methoxy groups -OCH3 is 1. The van der Waals surface area contributed by atoms with Crippen LogP contribution in [0.5, 0.6) is 0 Å². The van der Waals surface area contributed by atoms with Gasteiger partial charge in [0.05, 0.1) is 17.6 Å². The number of rotatable bonds is 3. The Morgan fingerprint density at radius 3 is 2.15 bits per heavy atom. The molecule has 0 N–H and O–H groups in total. The smallest absolute Gasteiger partial charge is 0.465 e. The van der Waals surface area contributed by atoms with Crippen molar-refractivity contribution in [3.8, 4) is 0 Å². The largest absolute Gasteiger partial charge is 0.468 e. The van der Waals surface area contributed by atoms with Crippen LogP contribution in [0.2, 0.25) is 0 Å². The van der Waals surface area contributed by atoms with Gasteiger partial charge in [-0.05, 0) is 12.1 Å². The summed E-state index contributed by atoms with van der Waals surface area (Å²) < 4.78 is 110. The molecule has 2 rings (SSSR count). The Morgan fingerprint density at radius 2 is 1.65 bits per heavy atom. The number of esters is 1. The summed E-state index contributed by atoms with van der Waals surface area (Å²) in [5.41, 5.74) is -0.681. The minimum atomic E-state index is -5.58. The maximum Gasteiger partial charge on any atom is 0.468 e. The van der Waals surface area contributed by atoms with Crippen LogP contribution in [0.25, 0.3) is 0 Å². The zero-order chi connectivity index (χ0) is 19.9. The Morgan fingerprint density at radius 1 is 1.08 bits per heavy atom. The first-order valence-electron chi connectivity index (χ1n) is 6.37. The van der Waals surface area contributed by atoms with E-state index < -0.39 is 55.3 Å². The lowest BCUT2D eigenvalue weighted by molar-refractivity contribution is -0.173. The van der Waals surface area contributed by atoms with E-state index in [1.807, 2.05) is 0 Å². The molecule has 0 saturated heterocycles. The third kappa shape index (κ3) is 3.52. The molecule has 0 aliphatic heterocycles. The van der Waals surface area contributed by atoms with E-state index in [0.29, 0.717) is 0 Å². The average Bonchev–Trinajstić information content (AvgIpc) is 3.00. The molecule has 0 atom stereocenters. The minimum Gasteiger partial charge on any atom is -0.465 e. The molecule has 1 aromatic carbocycles. The van der Waals surface area contributed by atoms with E-state index in [1.165, 1.54) is 6.07 Å². The van der Waals surface area contributed by atoms with Gasteiger partial charge in [0.1, 0.15) is 0 Å². The van der Waals surface area contributed by atoms with Gasteiger partial charge in [0.15, 0.2) is 0 Å². The molecule has 0 aliphatic rings. The summed E-state index contributed by atoms with van der Waals surface area (Å²) in [5, 5.41) is -2.01. The predicted molar refractivity (Wildman–Crippen MR) is 69.7 cm³/mol. The number of ether oxygens (including phenoxy) is 1. The van der Waals surface area contributed by atoms with Gasteiger partial charge in [-0.3, -0.25) is 0 Å². The van der Waals surface area contributed by atoms with Gasteiger partial charge in [-0.1, -0.05) is 12.1 Å². The summed E-state index contributed by atoms with van der Waals surface area (Å²) in [5.74, 6) is -6.07. The maximum absolute atomic E-state index is 13.0. The topological polar surface area (TPSA) is 86.5 Å². The molecule has 0 bridgehead atoms. The van der Waals surface area contributed by atoms with Crippen LogP contribution in [0, 0.1) is 0 Å². The van der Waals surface area contributed by atoms with Crippen LogP contribution in [0.1, 0.15) is 22.0 Å². The van der Waals surface area contributed by atoms with E-state index in [0.717, 1.165) is 25.3 Å². The van der Waals surface area contributed by atoms with Crippen LogP contribution in [-0.2, 0) is 26.9 Å². The van der Waals surface area contributed by atoms with E-state index in [9.17, 15) is 39.6 Å². The second kappa shape index (κ2) is 6.30. The third-order valence-electron chi connectivity index (χ3n) is 2.93. The zero-order valence-electron chi connectivity index (χ0n) is 12.5. The molecule has 0 saturated carbocycles. The van der Waals surface area contributed by atoms with Crippen LogP contribution in [0.4, 0.5) is 26.3 Å². The number of oxazole rings is 1. The van der Waals surface area contributed by atoms with Crippen LogP contribution < -0.4 is 0 Å². The molecule has 0 radical (unpaired) electrons. The van der Waals surface area contributed by atoms with Crippen molar-refractivity contribution in [2.45, 2.75) is 22.3 Å². The number of carbonyl (C=O) groups is 1. The highest BCUT2D eigenvalue weighted by molar-refractivity contribution is 7.91. The Kier molecular flexibility index (Phi) is 4.79. The quantitative estimate of drug-likeness (QED) is 0.577. The van der Waals surface area contributed by atoms with Gasteiger partial charge >= 0.3 is 24.2 Å². The van der Waals surface area contributed by atoms with Crippen LogP contribution in [0.3, 0.4) is 0 Å². The number of alkyl halides is 6. The number of benzene rings is 1. The number of halogens is 6. The molecular formula is C13H7F6NO5S. The Labute approximate surface area is 141 Å². The normalized spacial score (nSPS) is 12.9. The molecule has 1 aromatic heterocycles. The van der Waals surface area contributed by atoms with E-state index >= 15 is 0 Å². The summed E-state index contributed by atoms with van der Waals surface area (Å²) in [4.78, 5) is 13.1. The fourth-order valence-corrected chi connectivity index (χ4v) is 3.38. The molecule has 0 aliphatic carbocycles. The van der Waals surface area contributed by atoms with Crippen molar-refractivity contribution in [2.75, 3.05) is 7.11 Å². The summed E-state index contributed by atoms with van der Waals surface area (Å²) >= 11 is 0. The first kappa shape index (κ1) is 19.8. The number of carbonyl (C=O) groups excluding carboxylic acids is 1. The van der Waals surface area contributed by atoms with Crippen molar-refractivity contribution >= 4 is 15.8 Å². The molecule has 0 amide bonds. The summed E-state index contributed by atoms with van der Waals surface area (Å²) in [6.45, 7) is 0. The molecule has 2 aromatic rings. The highest BCUT2D eigenvalue weighted by atomic mass is 32.2. The molecule has 0 spiro atoms. The standard InChI is InChI=1S/C13H7F6NO5S/c1-24-10(21)6-4-2-3-5-7(6)26(22,23)9-8(12(14,15)16)25-11(20-9)13(17,18)19/h2-5H,1H3. The van der Waals surface area contributed by atoms with Gasteiger partial charge in [0, 0.05) is 0 Å². The number of aromatic nitrogens is 1. The molecule has 0 unspecified atom stereocenters. The summed E-state index contributed by atoms with van der Waals surface area (Å²) in [6.07, 6.45) is -11.0. The molecule has 142 valence electrons. The van der Waals surface area contributed by atoms with Crippen molar-refractivity contribution < 1.29 is 48.7 Å². The fraction of sp³-hybridized carbons (Fsp3) is 0.231. The van der Waals surface area contributed by atoms with Crippen LogP contribution in [0.15, 0.2) is 38.6 Å². The number of sulfone groups is 1. The lowest BCUT2D eigenvalue weighted by Crippen LogP contribution is -2.15. The lowest BCUT2D eigenvalue weighted by Gasteiger charge is -2.09. The zero-order valence-corrected chi connectivity index (χ0v) is 13.3. The van der Waals surface area contributed by atoms with Gasteiger partial charge in [0.25, 0.3) is 0 Å². The molecule has 6 nitrogen and oxygen atoms in total. The predicted octanol–water partition coefficient (Wildman–Crippen LogP) is 3.33. The SMILES string of the molecule is COC(=O)c1ccccc1S(=O)(=O)c1nc(C(F)(F)F)oc1C(F)(F)F. The van der Waals surface area contributed by atoms with Gasteiger partial charge in [-0.2, -0.15) is 31.3 Å². The van der Waals surface area contributed by atoms with Crippen molar-refractivity contribution in [3.63, 3.8) is 0 Å². The van der Waals surface area contributed by atoms with Crippen molar-refractivity contribution in [3.05, 3.63) is 41.5 Å². The number of hydrogen-bond acceptors (Lipinski definition) is 6. The molecule has 13 heteroatoms. The van der Waals surface area contributed by atoms with E-state index in [4.69, 9.17) is 0 Å². The number of hydrogen-bond donors (Lipinski definition) is 0. The summed E-state index contributed by atoms with van der Waals surface area (Å²) in [7, 11) is -4.42. The highest BCUT2D eigenvalue weighted by Gasteiger charge is 2.49. The molecule has 0 fully saturated rings. The first-order valence-corrected chi connectivity index (χ1v) is 7.86. The van der Waals surface area contributed by atoms with Crippen molar-refractivity contribution in [1.82, 2.24) is 4.98 Å². The first-order chi connectivity index (χ1) is 11.8. The van der Waals surface area contributed by atoms with E-state index in [2.05, 4.69) is 14.1 Å². The van der Waals surface area contributed by atoms with Gasteiger partial charge < -0.3 is 9.15 Å². The fourth-order valence-electron chi connectivity index (χ4n) is 1.87. The van der Waals surface area contributed by atoms with Crippen LogP contribution >= 0.6 is 0 Å². The molecule has 26 heavy (non-hydrogen) atoms. The molecule has 1 heterocycles. The van der Waals surface area contributed by atoms with Crippen molar-refractivity contribution in [1.29, 1.82) is 0 Å². The van der Waals surface area contributed by atoms with Crippen LogP contribution in [-0.4, -0.2) is 26.5 Å². The van der Waals surface area contributed by atoms with E-state index in [-0.39, 0.29) is 0 Å². The Bertz CT molecular complexity index is 945. The maximum atomic E-state index is 13.0. The minimum absolute atomic E-state index is 0.681. The Balaban J connectivity index is 2.79. The van der Waals surface area contributed by atoms with Gasteiger partial charge in [0.2, 0.25) is 20.6 Å². The molecular weight excluding hydrogens is 396 g/mol. The van der Waals surface area contributed by atoms with E-state index in [1.54, 1.807) is 0 Å². The highest BCUT2D eigenvalue weighted by Crippen LogP contribution is 2.41. The monoisotopic (exact) mass is 403 g/mol. The van der Waals surface area contributed by atoms with Gasteiger partial charge in [-0.25, -0.2) is 13.2 Å². The third-order valence-corrected chi connectivity index (χ3v) is 4.65. The Hall–Kier alpha value is -2.57. The second-order valence-corrected chi connectivity index (χ2v) is 6.47. The average molecular weight is 403 g/mol. The second-order valence-electron chi connectivity index (χ2n) is 4.64.